The van der Waals surface area contributed by atoms with Crippen LogP contribution in [0.4, 0.5) is 0 Å². The number of halogens is 2. The minimum atomic E-state index is -3.42. The molecule has 6 heteroatoms. The van der Waals surface area contributed by atoms with Crippen molar-refractivity contribution in [1.82, 2.24) is 5.32 Å². The van der Waals surface area contributed by atoms with E-state index in [4.69, 9.17) is 23.2 Å². The van der Waals surface area contributed by atoms with E-state index in [1.807, 2.05) is 6.92 Å². The fourth-order valence-corrected chi connectivity index (χ4v) is 5.33. The molecule has 0 aromatic heterocycles. The second-order valence-corrected chi connectivity index (χ2v) is 7.70. The summed E-state index contributed by atoms with van der Waals surface area (Å²) < 4.78 is 25.0. The van der Waals surface area contributed by atoms with Gasteiger partial charge >= 0.3 is 0 Å². The first-order chi connectivity index (χ1) is 8.32. The van der Waals surface area contributed by atoms with Crippen molar-refractivity contribution in [2.75, 3.05) is 7.05 Å². The molecule has 0 saturated heterocycles. The van der Waals surface area contributed by atoms with E-state index in [0.717, 1.165) is 0 Å². The van der Waals surface area contributed by atoms with Crippen LogP contribution in [0.1, 0.15) is 25.5 Å². The maximum atomic E-state index is 12.5. The highest BCUT2D eigenvalue weighted by molar-refractivity contribution is 7.92. The largest absolute Gasteiger partial charge is 0.313 e. The first kappa shape index (κ1) is 14.1. The fourth-order valence-electron chi connectivity index (χ4n) is 2.54. The van der Waals surface area contributed by atoms with Gasteiger partial charge in [-0.1, -0.05) is 30.1 Å². The predicted octanol–water partition coefficient (Wildman–Crippen LogP) is 3.07. The second-order valence-electron chi connectivity index (χ2n) is 4.65. The van der Waals surface area contributed by atoms with Gasteiger partial charge in [-0.25, -0.2) is 8.42 Å². The van der Waals surface area contributed by atoms with Crippen LogP contribution in [0.25, 0.3) is 0 Å². The molecular weight excluding hydrogens is 293 g/mol. The van der Waals surface area contributed by atoms with E-state index >= 15 is 0 Å². The van der Waals surface area contributed by atoms with Crippen molar-refractivity contribution >= 4 is 33.0 Å². The Balaban J connectivity index is 2.85. The molecule has 100 valence electrons. The predicted molar refractivity (Wildman–Crippen MR) is 74.1 cm³/mol. The summed E-state index contributed by atoms with van der Waals surface area (Å²) in [6.45, 7) is 3.62. The van der Waals surface area contributed by atoms with Gasteiger partial charge in [0.2, 0.25) is 0 Å². The number of hydrogen-bond donors (Lipinski definition) is 1. The van der Waals surface area contributed by atoms with Gasteiger partial charge in [-0.3, -0.25) is 0 Å². The second kappa shape index (κ2) is 4.67. The molecule has 0 fully saturated rings. The lowest BCUT2D eigenvalue weighted by Crippen LogP contribution is -2.40. The Morgan fingerprint density at radius 2 is 1.72 bits per heavy atom. The zero-order valence-corrected chi connectivity index (χ0v) is 12.7. The van der Waals surface area contributed by atoms with Crippen LogP contribution in [0.5, 0.6) is 0 Å². The molecule has 1 N–H and O–H groups in total. The first-order valence-electron chi connectivity index (χ1n) is 5.71. The quantitative estimate of drug-likeness (QED) is 0.867. The lowest BCUT2D eigenvalue weighted by Gasteiger charge is -2.36. The van der Waals surface area contributed by atoms with Crippen molar-refractivity contribution in [2.24, 2.45) is 5.92 Å². The van der Waals surface area contributed by atoms with E-state index in [-0.39, 0.29) is 21.9 Å². The summed E-state index contributed by atoms with van der Waals surface area (Å²) in [7, 11) is -1.62. The molecule has 0 spiro atoms. The normalized spacial score (nSPS) is 29.9. The molecule has 0 bridgehead atoms. The van der Waals surface area contributed by atoms with Gasteiger partial charge in [0.05, 0.1) is 15.2 Å². The van der Waals surface area contributed by atoms with Crippen LogP contribution >= 0.6 is 23.2 Å². The summed E-state index contributed by atoms with van der Waals surface area (Å²) in [4.78, 5) is 0.182. The number of fused-ring (bicyclic) bond motifs is 1. The Morgan fingerprint density at radius 1 is 1.17 bits per heavy atom. The van der Waals surface area contributed by atoms with Gasteiger partial charge in [-0.15, -0.1) is 0 Å². The molecule has 1 aromatic carbocycles. The van der Waals surface area contributed by atoms with Crippen LogP contribution < -0.4 is 5.32 Å². The zero-order valence-electron chi connectivity index (χ0n) is 10.4. The van der Waals surface area contributed by atoms with Gasteiger partial charge in [-0.05, 0) is 32.0 Å². The van der Waals surface area contributed by atoms with E-state index in [9.17, 15) is 8.42 Å². The summed E-state index contributed by atoms with van der Waals surface area (Å²) in [5, 5.41) is 3.34. The van der Waals surface area contributed by atoms with Crippen molar-refractivity contribution in [3.8, 4) is 0 Å². The third-order valence-electron chi connectivity index (χ3n) is 3.76. The van der Waals surface area contributed by atoms with Gasteiger partial charge in [0.25, 0.3) is 0 Å². The van der Waals surface area contributed by atoms with E-state index in [1.54, 1.807) is 20.0 Å². The lowest BCUT2D eigenvalue weighted by atomic mass is 9.91. The highest BCUT2D eigenvalue weighted by atomic mass is 35.5. The SMILES string of the molecule is CNC1c2c(Cl)ccc(Cl)c2S(=O)(=O)C(C)C1C. The highest BCUT2D eigenvalue weighted by Crippen LogP contribution is 2.45. The summed E-state index contributed by atoms with van der Waals surface area (Å²) >= 11 is 12.2. The molecule has 1 heterocycles. The molecule has 18 heavy (non-hydrogen) atoms. The van der Waals surface area contributed by atoms with Crippen LogP contribution in [0.15, 0.2) is 17.0 Å². The fraction of sp³-hybridized carbons (Fsp3) is 0.500. The Kier molecular flexibility index (Phi) is 3.67. The molecule has 0 saturated carbocycles. The monoisotopic (exact) mass is 307 g/mol. The average molecular weight is 308 g/mol. The molecule has 1 aliphatic rings. The number of nitrogens with one attached hydrogen (secondary N) is 1. The molecule has 1 aliphatic heterocycles. The maximum Gasteiger partial charge on any atom is 0.183 e. The van der Waals surface area contributed by atoms with Crippen molar-refractivity contribution in [3.63, 3.8) is 0 Å². The molecule has 0 radical (unpaired) electrons. The maximum absolute atomic E-state index is 12.5. The van der Waals surface area contributed by atoms with Gasteiger partial charge in [-0.2, -0.15) is 0 Å². The average Bonchev–Trinajstić information content (AvgIpc) is 2.31. The third-order valence-corrected chi connectivity index (χ3v) is 6.93. The Bertz CT molecular complexity index is 586. The summed E-state index contributed by atoms with van der Waals surface area (Å²) in [6.07, 6.45) is 0. The van der Waals surface area contributed by atoms with Crippen molar-refractivity contribution < 1.29 is 8.42 Å². The van der Waals surface area contributed by atoms with E-state index in [0.29, 0.717) is 10.6 Å². The summed E-state index contributed by atoms with van der Waals surface area (Å²) in [6, 6.07) is 3.07. The van der Waals surface area contributed by atoms with E-state index < -0.39 is 15.1 Å². The number of sulfone groups is 1. The Hall–Kier alpha value is -0.290. The smallest absolute Gasteiger partial charge is 0.183 e. The van der Waals surface area contributed by atoms with Crippen molar-refractivity contribution in [2.45, 2.75) is 30.0 Å². The molecular formula is C12H15Cl2NO2S. The van der Waals surface area contributed by atoms with Gasteiger partial charge < -0.3 is 5.32 Å². The zero-order chi connectivity index (χ0) is 13.7. The minimum Gasteiger partial charge on any atom is -0.313 e. The van der Waals surface area contributed by atoms with Gasteiger partial charge in [0.15, 0.2) is 9.84 Å². The molecule has 0 amide bonds. The number of benzene rings is 1. The molecule has 3 nitrogen and oxygen atoms in total. The van der Waals surface area contributed by atoms with E-state index in [2.05, 4.69) is 5.32 Å². The molecule has 1 aromatic rings. The van der Waals surface area contributed by atoms with Crippen molar-refractivity contribution in [3.05, 3.63) is 27.7 Å². The van der Waals surface area contributed by atoms with Crippen LogP contribution in [0.2, 0.25) is 10.0 Å². The topological polar surface area (TPSA) is 46.2 Å². The van der Waals surface area contributed by atoms with Crippen molar-refractivity contribution in [1.29, 1.82) is 0 Å². The van der Waals surface area contributed by atoms with Gasteiger partial charge in [0.1, 0.15) is 0 Å². The van der Waals surface area contributed by atoms with E-state index in [1.165, 1.54) is 6.07 Å². The summed E-state index contributed by atoms with van der Waals surface area (Å²) in [5.74, 6) is -0.0662. The van der Waals surface area contributed by atoms with Crippen LogP contribution in [-0.4, -0.2) is 20.7 Å². The Labute approximate surface area is 117 Å². The molecule has 3 atom stereocenters. The number of rotatable bonds is 1. The number of hydrogen-bond acceptors (Lipinski definition) is 3. The Morgan fingerprint density at radius 3 is 2.28 bits per heavy atom. The third kappa shape index (κ3) is 1.86. The van der Waals surface area contributed by atoms with Crippen LogP contribution in [-0.2, 0) is 9.84 Å². The highest BCUT2D eigenvalue weighted by Gasteiger charge is 2.43. The summed E-state index contributed by atoms with van der Waals surface area (Å²) in [5.41, 5.74) is 0.595. The standard InChI is InChI=1S/C12H15Cl2NO2S/c1-6-7(2)18(16,17)12-9(14)5-4-8(13)10(12)11(6)15-3/h4-7,11,15H,1-3H3. The molecule has 0 aliphatic carbocycles. The first-order valence-corrected chi connectivity index (χ1v) is 8.01. The van der Waals surface area contributed by atoms with Crippen LogP contribution in [0, 0.1) is 5.92 Å². The van der Waals surface area contributed by atoms with Gasteiger partial charge in [0, 0.05) is 16.6 Å². The lowest BCUT2D eigenvalue weighted by molar-refractivity contribution is 0.378. The van der Waals surface area contributed by atoms with Crippen LogP contribution in [0.3, 0.4) is 0 Å². The molecule has 2 rings (SSSR count). The molecule has 3 unspecified atom stereocenters. The minimum absolute atomic E-state index is 0.0662.